The van der Waals surface area contributed by atoms with Crippen molar-refractivity contribution in [1.82, 2.24) is 5.32 Å². The van der Waals surface area contributed by atoms with Crippen LogP contribution in [0.5, 0.6) is 0 Å². The predicted molar refractivity (Wildman–Crippen MR) is 90.1 cm³/mol. The fraction of sp³-hybridized carbons (Fsp3) is 0.278. The second-order valence-electron chi connectivity index (χ2n) is 5.12. The lowest BCUT2D eigenvalue weighted by atomic mass is 9.94. The zero-order valence-electron chi connectivity index (χ0n) is 12.5. The van der Waals surface area contributed by atoms with Gasteiger partial charge in [-0.05, 0) is 25.1 Å². The van der Waals surface area contributed by atoms with E-state index in [-0.39, 0.29) is 0 Å². The van der Waals surface area contributed by atoms with Gasteiger partial charge in [-0.15, -0.1) is 0 Å². The minimum Gasteiger partial charge on any atom is -0.298 e. The Morgan fingerprint density at radius 2 is 1.90 bits per heavy atom. The molecular formula is C18H20N2S. The number of nitrogens with one attached hydrogen (secondary N) is 1. The SMILES string of the molecule is CNC(C#N)(CSCc1cccc(C)c1)c1ccccc1. The quantitative estimate of drug-likeness (QED) is 0.879. The monoisotopic (exact) mass is 296 g/mol. The summed E-state index contributed by atoms with van der Waals surface area (Å²) < 4.78 is 0. The van der Waals surface area contributed by atoms with E-state index in [1.807, 2.05) is 37.4 Å². The predicted octanol–water partition coefficient (Wildman–Crippen LogP) is 3.87. The first-order valence-corrected chi connectivity index (χ1v) is 8.14. The summed E-state index contributed by atoms with van der Waals surface area (Å²) in [7, 11) is 1.85. The van der Waals surface area contributed by atoms with Crippen molar-refractivity contribution in [2.24, 2.45) is 0 Å². The Kier molecular flexibility index (Phi) is 5.44. The molecule has 0 radical (unpaired) electrons. The first kappa shape index (κ1) is 15.6. The number of aryl methyl sites for hydroxylation is 1. The highest BCUT2D eigenvalue weighted by Crippen LogP contribution is 2.26. The van der Waals surface area contributed by atoms with E-state index in [0.717, 1.165) is 17.1 Å². The maximum atomic E-state index is 9.65. The molecule has 2 aromatic carbocycles. The summed E-state index contributed by atoms with van der Waals surface area (Å²) in [6.07, 6.45) is 0. The lowest BCUT2D eigenvalue weighted by Gasteiger charge is -2.26. The Morgan fingerprint density at radius 3 is 2.52 bits per heavy atom. The average Bonchev–Trinajstić information content (AvgIpc) is 2.53. The van der Waals surface area contributed by atoms with Crippen LogP contribution in [0.1, 0.15) is 16.7 Å². The first-order chi connectivity index (χ1) is 10.2. The van der Waals surface area contributed by atoms with Gasteiger partial charge in [0.05, 0.1) is 6.07 Å². The van der Waals surface area contributed by atoms with Crippen molar-refractivity contribution >= 4 is 11.8 Å². The number of thioether (sulfide) groups is 1. The molecular weight excluding hydrogens is 276 g/mol. The van der Waals surface area contributed by atoms with Crippen LogP contribution in [-0.4, -0.2) is 12.8 Å². The Hall–Kier alpha value is -1.76. The maximum absolute atomic E-state index is 9.65. The van der Waals surface area contributed by atoms with Gasteiger partial charge < -0.3 is 0 Å². The molecule has 2 aromatic rings. The van der Waals surface area contributed by atoms with Gasteiger partial charge in [0.1, 0.15) is 5.54 Å². The highest BCUT2D eigenvalue weighted by Gasteiger charge is 2.30. The Morgan fingerprint density at radius 1 is 1.14 bits per heavy atom. The molecule has 0 saturated carbocycles. The average molecular weight is 296 g/mol. The van der Waals surface area contributed by atoms with Crippen LogP contribution < -0.4 is 5.32 Å². The highest BCUT2D eigenvalue weighted by atomic mass is 32.2. The van der Waals surface area contributed by atoms with Crippen LogP contribution in [0, 0.1) is 18.3 Å². The summed E-state index contributed by atoms with van der Waals surface area (Å²) in [6, 6.07) is 20.9. The van der Waals surface area contributed by atoms with E-state index in [0.29, 0.717) is 0 Å². The van der Waals surface area contributed by atoms with E-state index >= 15 is 0 Å². The Balaban J connectivity index is 2.06. The van der Waals surface area contributed by atoms with Gasteiger partial charge in [-0.25, -0.2) is 0 Å². The molecule has 21 heavy (non-hydrogen) atoms. The second-order valence-corrected chi connectivity index (χ2v) is 6.10. The van der Waals surface area contributed by atoms with E-state index in [9.17, 15) is 5.26 Å². The van der Waals surface area contributed by atoms with E-state index in [2.05, 4.69) is 42.6 Å². The van der Waals surface area contributed by atoms with Gasteiger partial charge in [0.2, 0.25) is 0 Å². The third kappa shape index (κ3) is 3.87. The summed E-state index contributed by atoms with van der Waals surface area (Å²) in [6.45, 7) is 2.10. The molecule has 0 aromatic heterocycles. The number of rotatable bonds is 6. The summed E-state index contributed by atoms with van der Waals surface area (Å²) in [5.74, 6) is 1.64. The molecule has 0 saturated heterocycles. The zero-order valence-corrected chi connectivity index (χ0v) is 13.3. The zero-order chi connectivity index (χ0) is 15.1. The van der Waals surface area contributed by atoms with Gasteiger partial charge in [-0.3, -0.25) is 5.32 Å². The number of nitrogens with zero attached hydrogens (tertiary/aromatic N) is 1. The van der Waals surface area contributed by atoms with Crippen molar-refractivity contribution in [3.05, 3.63) is 71.3 Å². The van der Waals surface area contributed by atoms with Gasteiger partial charge in [0, 0.05) is 11.5 Å². The topological polar surface area (TPSA) is 35.8 Å². The Bertz CT molecular complexity index is 619. The van der Waals surface area contributed by atoms with Gasteiger partial charge in [-0.1, -0.05) is 60.2 Å². The molecule has 0 aliphatic heterocycles. The minimum absolute atomic E-state index is 0.629. The van der Waals surface area contributed by atoms with Crippen molar-refractivity contribution < 1.29 is 0 Å². The number of nitriles is 1. The molecule has 0 aliphatic carbocycles. The summed E-state index contributed by atoms with van der Waals surface area (Å²) in [5, 5.41) is 12.8. The van der Waals surface area contributed by atoms with Crippen LogP contribution in [0.3, 0.4) is 0 Å². The third-order valence-electron chi connectivity index (χ3n) is 3.55. The van der Waals surface area contributed by atoms with Crippen LogP contribution in [-0.2, 0) is 11.3 Å². The number of benzene rings is 2. The highest BCUT2D eigenvalue weighted by molar-refractivity contribution is 7.98. The van der Waals surface area contributed by atoms with Crippen molar-refractivity contribution in [3.8, 4) is 6.07 Å². The molecule has 0 bridgehead atoms. The molecule has 1 N–H and O–H groups in total. The lowest BCUT2D eigenvalue weighted by Crippen LogP contribution is -2.41. The van der Waals surface area contributed by atoms with Gasteiger partial charge >= 0.3 is 0 Å². The minimum atomic E-state index is -0.629. The number of hydrogen-bond donors (Lipinski definition) is 1. The summed E-state index contributed by atoms with van der Waals surface area (Å²) in [5.41, 5.74) is 2.97. The summed E-state index contributed by atoms with van der Waals surface area (Å²) >= 11 is 1.78. The molecule has 2 nitrogen and oxygen atoms in total. The van der Waals surface area contributed by atoms with Crippen LogP contribution in [0.4, 0.5) is 0 Å². The third-order valence-corrected chi connectivity index (χ3v) is 4.73. The molecule has 0 heterocycles. The van der Waals surface area contributed by atoms with Gasteiger partial charge in [0.25, 0.3) is 0 Å². The van der Waals surface area contributed by atoms with E-state index in [1.54, 1.807) is 11.8 Å². The largest absolute Gasteiger partial charge is 0.298 e. The van der Waals surface area contributed by atoms with E-state index < -0.39 is 5.54 Å². The lowest BCUT2D eigenvalue weighted by molar-refractivity contribution is 0.528. The van der Waals surface area contributed by atoms with Crippen molar-refractivity contribution in [2.45, 2.75) is 18.2 Å². The van der Waals surface area contributed by atoms with Crippen molar-refractivity contribution in [1.29, 1.82) is 5.26 Å². The first-order valence-electron chi connectivity index (χ1n) is 6.99. The molecule has 3 heteroatoms. The molecule has 108 valence electrons. The van der Waals surface area contributed by atoms with Gasteiger partial charge in [-0.2, -0.15) is 17.0 Å². The number of hydrogen-bond acceptors (Lipinski definition) is 3. The molecule has 0 amide bonds. The van der Waals surface area contributed by atoms with Crippen LogP contribution in [0.2, 0.25) is 0 Å². The molecule has 0 spiro atoms. The second kappa shape index (κ2) is 7.31. The van der Waals surface area contributed by atoms with E-state index in [4.69, 9.17) is 0 Å². The molecule has 0 fully saturated rings. The maximum Gasteiger partial charge on any atom is 0.141 e. The Labute approximate surface area is 131 Å². The fourth-order valence-electron chi connectivity index (χ4n) is 2.30. The van der Waals surface area contributed by atoms with Crippen molar-refractivity contribution in [3.63, 3.8) is 0 Å². The van der Waals surface area contributed by atoms with Crippen molar-refractivity contribution in [2.75, 3.05) is 12.8 Å². The normalized spacial score (nSPS) is 13.4. The van der Waals surface area contributed by atoms with E-state index in [1.165, 1.54) is 11.1 Å². The molecule has 1 atom stereocenters. The van der Waals surface area contributed by atoms with Crippen LogP contribution in [0.25, 0.3) is 0 Å². The molecule has 1 unspecified atom stereocenters. The smallest absolute Gasteiger partial charge is 0.141 e. The van der Waals surface area contributed by atoms with Crippen LogP contribution in [0.15, 0.2) is 54.6 Å². The molecule has 0 aliphatic rings. The van der Waals surface area contributed by atoms with Gasteiger partial charge in [0.15, 0.2) is 0 Å². The molecule has 2 rings (SSSR count). The fourth-order valence-corrected chi connectivity index (χ4v) is 3.50. The summed E-state index contributed by atoms with van der Waals surface area (Å²) in [4.78, 5) is 0. The van der Waals surface area contributed by atoms with Crippen LogP contribution >= 0.6 is 11.8 Å². The standard InChI is InChI=1S/C18H20N2S/c1-15-7-6-8-16(11-15)12-21-14-18(13-19,20-2)17-9-4-3-5-10-17/h3-11,20H,12,14H2,1-2H3.